The summed E-state index contributed by atoms with van der Waals surface area (Å²) in [6, 6.07) is 3.18. The number of carbonyl (C=O) groups excluding carboxylic acids is 1. The first-order valence-electron chi connectivity index (χ1n) is 6.00. The van der Waals surface area contributed by atoms with Gasteiger partial charge in [0.15, 0.2) is 16.6 Å². The Morgan fingerprint density at radius 2 is 2.20 bits per heavy atom. The lowest BCUT2D eigenvalue weighted by atomic mass is 10.0. The lowest BCUT2D eigenvalue weighted by molar-refractivity contribution is -0.109. The summed E-state index contributed by atoms with van der Waals surface area (Å²) in [5, 5.41) is 19.9. The van der Waals surface area contributed by atoms with Gasteiger partial charge in [0.05, 0.1) is 13.2 Å². The molecule has 2 N–H and O–H groups in total. The highest BCUT2D eigenvalue weighted by Crippen LogP contribution is 2.43. The molecular weight excluding hydrogens is 284 g/mol. The van der Waals surface area contributed by atoms with E-state index < -0.39 is 12.2 Å². The van der Waals surface area contributed by atoms with Crippen molar-refractivity contribution in [3.05, 3.63) is 17.7 Å². The van der Waals surface area contributed by atoms with Gasteiger partial charge >= 0.3 is 0 Å². The number of hydrogen-bond donors (Lipinski definition) is 2. The first-order valence-corrected chi connectivity index (χ1v) is 6.98. The van der Waals surface area contributed by atoms with E-state index in [1.54, 1.807) is 12.1 Å². The van der Waals surface area contributed by atoms with Crippen molar-refractivity contribution in [2.24, 2.45) is 0 Å². The fraction of sp³-hybridized carbons (Fsp3) is 0.462. The molecule has 1 aliphatic heterocycles. The molecule has 0 saturated heterocycles. The number of hydrogen-bond acceptors (Lipinski definition) is 7. The van der Waals surface area contributed by atoms with Crippen LogP contribution < -0.4 is 14.2 Å². The van der Waals surface area contributed by atoms with Gasteiger partial charge in [0.1, 0.15) is 6.10 Å². The molecule has 0 spiro atoms. The van der Waals surface area contributed by atoms with E-state index in [1.165, 1.54) is 14.0 Å². The third kappa shape index (κ3) is 3.17. The fourth-order valence-electron chi connectivity index (χ4n) is 1.84. The molecule has 20 heavy (non-hydrogen) atoms. The van der Waals surface area contributed by atoms with Gasteiger partial charge in [0, 0.05) is 12.7 Å². The molecule has 0 saturated carbocycles. The molecule has 1 aromatic carbocycles. The lowest BCUT2D eigenvalue weighted by Gasteiger charge is -2.18. The van der Waals surface area contributed by atoms with Crippen molar-refractivity contribution >= 4 is 16.9 Å². The van der Waals surface area contributed by atoms with Gasteiger partial charge in [0.2, 0.25) is 12.5 Å². The zero-order chi connectivity index (χ0) is 14.7. The number of aliphatic hydroxyl groups excluding tert-OH is 2. The number of aliphatic hydroxyl groups is 2. The number of rotatable bonds is 5. The van der Waals surface area contributed by atoms with E-state index in [2.05, 4.69) is 0 Å². The average Bonchev–Trinajstić information content (AvgIpc) is 2.90. The van der Waals surface area contributed by atoms with Gasteiger partial charge in [-0.25, -0.2) is 0 Å². The molecule has 1 aromatic rings. The fourth-order valence-corrected chi connectivity index (χ4v) is 2.42. The zero-order valence-corrected chi connectivity index (χ0v) is 12.0. The van der Waals surface area contributed by atoms with Crippen molar-refractivity contribution in [2.45, 2.75) is 19.1 Å². The maximum atomic E-state index is 10.9. The van der Waals surface area contributed by atoms with Crippen LogP contribution in [0, 0.1) is 0 Å². The van der Waals surface area contributed by atoms with Crippen LogP contribution in [0.2, 0.25) is 0 Å². The molecule has 7 heteroatoms. The number of fused-ring (bicyclic) bond motifs is 1. The average molecular weight is 300 g/mol. The smallest absolute Gasteiger partial charge is 0.231 e. The topological polar surface area (TPSA) is 85.2 Å². The third-order valence-electron chi connectivity index (χ3n) is 2.84. The Morgan fingerprint density at radius 3 is 2.85 bits per heavy atom. The molecule has 2 atom stereocenters. The number of ether oxygens (including phenoxy) is 3. The van der Waals surface area contributed by atoms with Crippen LogP contribution in [0.25, 0.3) is 0 Å². The Morgan fingerprint density at radius 1 is 1.45 bits per heavy atom. The van der Waals surface area contributed by atoms with E-state index >= 15 is 0 Å². The van der Waals surface area contributed by atoms with E-state index in [-0.39, 0.29) is 17.7 Å². The lowest BCUT2D eigenvalue weighted by Crippen LogP contribution is -2.21. The summed E-state index contributed by atoms with van der Waals surface area (Å²) in [6.07, 6.45) is -2.20. The first-order chi connectivity index (χ1) is 9.52. The minimum absolute atomic E-state index is 0.0913. The van der Waals surface area contributed by atoms with Crippen LogP contribution in [0.1, 0.15) is 18.6 Å². The van der Waals surface area contributed by atoms with Crippen LogP contribution in [-0.2, 0) is 4.79 Å². The predicted octanol–water partition coefficient (Wildman–Crippen LogP) is 1.10. The summed E-state index contributed by atoms with van der Waals surface area (Å²) in [4.78, 5) is 10.9. The number of thioether (sulfide) groups is 1. The number of carbonyl (C=O) groups is 1. The van der Waals surface area contributed by atoms with Crippen molar-refractivity contribution in [1.82, 2.24) is 0 Å². The predicted molar refractivity (Wildman–Crippen MR) is 73.2 cm³/mol. The Hall–Kier alpha value is -1.44. The quantitative estimate of drug-likeness (QED) is 0.842. The maximum absolute atomic E-state index is 10.9. The molecule has 0 aliphatic carbocycles. The van der Waals surface area contributed by atoms with Gasteiger partial charge in [-0.2, -0.15) is 0 Å². The van der Waals surface area contributed by atoms with Crippen LogP contribution in [0.15, 0.2) is 12.1 Å². The van der Waals surface area contributed by atoms with Crippen molar-refractivity contribution in [1.29, 1.82) is 0 Å². The highest BCUT2D eigenvalue weighted by molar-refractivity contribution is 8.13. The molecule has 0 amide bonds. The minimum atomic E-state index is -1.13. The number of methoxy groups -OCH3 is 1. The standard InChI is InChI=1S/C13H16O6S/c1-7(14)20-5-9(15)12(16)8-3-10(17-2)13-11(4-8)18-6-19-13/h3-4,9,12,15-16H,5-6H2,1-2H3. The summed E-state index contributed by atoms with van der Waals surface area (Å²) < 4.78 is 15.7. The van der Waals surface area contributed by atoms with Gasteiger partial charge in [0.25, 0.3) is 0 Å². The SMILES string of the molecule is COc1cc(C(O)C(O)CSC(C)=O)cc2c1OCO2. The van der Waals surface area contributed by atoms with E-state index in [0.29, 0.717) is 22.8 Å². The van der Waals surface area contributed by atoms with Gasteiger partial charge in [-0.15, -0.1) is 0 Å². The van der Waals surface area contributed by atoms with Crippen molar-refractivity contribution in [3.8, 4) is 17.2 Å². The molecule has 2 rings (SSSR count). The molecular formula is C13H16O6S. The van der Waals surface area contributed by atoms with Crippen LogP contribution in [0.3, 0.4) is 0 Å². The van der Waals surface area contributed by atoms with E-state index in [1.807, 2.05) is 0 Å². The molecule has 0 aromatic heterocycles. The zero-order valence-electron chi connectivity index (χ0n) is 11.2. The highest BCUT2D eigenvalue weighted by Gasteiger charge is 2.25. The van der Waals surface area contributed by atoms with Gasteiger partial charge in [-0.3, -0.25) is 4.79 Å². The van der Waals surface area contributed by atoms with Gasteiger partial charge < -0.3 is 24.4 Å². The third-order valence-corrected chi connectivity index (χ3v) is 3.76. The summed E-state index contributed by atoms with van der Waals surface area (Å²) in [7, 11) is 1.48. The maximum Gasteiger partial charge on any atom is 0.231 e. The second-order valence-corrected chi connectivity index (χ2v) is 5.47. The summed E-state index contributed by atoms with van der Waals surface area (Å²) >= 11 is 0.962. The van der Waals surface area contributed by atoms with Crippen molar-refractivity contribution in [3.63, 3.8) is 0 Å². The summed E-state index contributed by atoms with van der Waals surface area (Å²) in [6.45, 7) is 1.50. The monoisotopic (exact) mass is 300 g/mol. The summed E-state index contributed by atoms with van der Waals surface area (Å²) in [5.74, 6) is 1.49. The van der Waals surface area contributed by atoms with Crippen LogP contribution >= 0.6 is 11.8 Å². The van der Waals surface area contributed by atoms with E-state index in [9.17, 15) is 15.0 Å². The molecule has 2 unspecified atom stereocenters. The highest BCUT2D eigenvalue weighted by atomic mass is 32.2. The number of benzene rings is 1. The van der Waals surface area contributed by atoms with Crippen molar-refractivity contribution < 1.29 is 29.2 Å². The molecule has 1 heterocycles. The molecule has 0 radical (unpaired) electrons. The van der Waals surface area contributed by atoms with Crippen molar-refractivity contribution in [2.75, 3.05) is 19.7 Å². The van der Waals surface area contributed by atoms with Gasteiger partial charge in [-0.05, 0) is 17.7 Å². The molecule has 6 nitrogen and oxygen atoms in total. The van der Waals surface area contributed by atoms with E-state index in [4.69, 9.17) is 14.2 Å². The van der Waals surface area contributed by atoms with Crippen LogP contribution in [0.4, 0.5) is 0 Å². The Bertz CT molecular complexity index is 504. The first kappa shape index (κ1) is 15.0. The van der Waals surface area contributed by atoms with Crippen LogP contribution in [-0.4, -0.2) is 41.1 Å². The second kappa shape index (κ2) is 6.34. The largest absolute Gasteiger partial charge is 0.493 e. The molecule has 110 valence electrons. The van der Waals surface area contributed by atoms with Gasteiger partial charge in [-0.1, -0.05) is 11.8 Å². The van der Waals surface area contributed by atoms with E-state index in [0.717, 1.165) is 11.8 Å². The molecule has 0 bridgehead atoms. The van der Waals surface area contributed by atoms with Crippen LogP contribution in [0.5, 0.6) is 17.2 Å². The normalized spacial score (nSPS) is 15.8. The molecule has 0 fully saturated rings. The Balaban J connectivity index is 2.17. The minimum Gasteiger partial charge on any atom is -0.493 e. The second-order valence-electron chi connectivity index (χ2n) is 4.27. The Kier molecular flexibility index (Phi) is 4.74. The Labute approximate surface area is 120 Å². The summed E-state index contributed by atoms with van der Waals surface area (Å²) in [5.41, 5.74) is 0.447. The molecule has 1 aliphatic rings.